The molecule has 28 heavy (non-hydrogen) atoms. The van der Waals surface area contributed by atoms with Gasteiger partial charge in [-0.3, -0.25) is 25.3 Å². The normalized spacial score (nSPS) is 10.8. The lowest BCUT2D eigenvalue weighted by Crippen LogP contribution is -2.43. The Balaban J connectivity index is 1.82. The van der Waals surface area contributed by atoms with E-state index in [1.807, 2.05) is 13.8 Å². The van der Waals surface area contributed by atoms with Crippen molar-refractivity contribution in [1.82, 2.24) is 15.8 Å². The van der Waals surface area contributed by atoms with E-state index in [-0.39, 0.29) is 33.2 Å². The molecule has 0 atom stereocenters. The number of carbonyl (C=O) groups excluding carboxylic acids is 2. The van der Waals surface area contributed by atoms with Crippen LogP contribution in [0.4, 0.5) is 0 Å². The van der Waals surface area contributed by atoms with Crippen LogP contribution < -0.4 is 15.6 Å². The highest BCUT2D eigenvalue weighted by Crippen LogP contribution is 2.33. The highest BCUT2D eigenvalue weighted by atomic mass is 35.5. The highest BCUT2D eigenvalue weighted by Gasteiger charge is 2.14. The number of halogens is 3. The van der Waals surface area contributed by atoms with Gasteiger partial charge >= 0.3 is 5.91 Å². The zero-order valence-electron chi connectivity index (χ0n) is 15.4. The van der Waals surface area contributed by atoms with Crippen molar-refractivity contribution in [2.24, 2.45) is 0 Å². The lowest BCUT2D eigenvalue weighted by molar-refractivity contribution is -0.123. The second-order valence-electron chi connectivity index (χ2n) is 5.72. The third-order valence-corrected chi connectivity index (χ3v) is 4.83. The predicted molar refractivity (Wildman–Crippen MR) is 108 cm³/mol. The summed E-state index contributed by atoms with van der Waals surface area (Å²) in [5, 5.41) is 0.727. The molecule has 152 valence electrons. The maximum Gasteiger partial charge on any atom is 0.305 e. The van der Waals surface area contributed by atoms with Crippen LogP contribution in [-0.4, -0.2) is 36.4 Å². The van der Waals surface area contributed by atoms with Crippen molar-refractivity contribution in [1.29, 1.82) is 0 Å². The van der Waals surface area contributed by atoms with Gasteiger partial charge in [-0.1, -0.05) is 48.7 Å². The van der Waals surface area contributed by atoms with Crippen molar-refractivity contribution in [3.63, 3.8) is 0 Å². The molecule has 10 heteroatoms. The maximum absolute atomic E-state index is 12.1. The number of amides is 2. The summed E-state index contributed by atoms with van der Waals surface area (Å²) < 4.78 is 10.8. The molecular weight excluding hydrogens is 429 g/mol. The van der Waals surface area contributed by atoms with E-state index in [2.05, 4.69) is 15.8 Å². The zero-order valence-corrected chi connectivity index (χ0v) is 17.6. The number of rotatable bonds is 8. The fourth-order valence-electron chi connectivity index (χ4n) is 2.23. The summed E-state index contributed by atoms with van der Waals surface area (Å²) in [4.78, 5) is 26.1. The van der Waals surface area contributed by atoms with E-state index in [0.29, 0.717) is 12.3 Å². The molecule has 0 aliphatic rings. The quantitative estimate of drug-likeness (QED) is 0.472. The lowest BCUT2D eigenvalue weighted by Gasteiger charge is -2.15. The van der Waals surface area contributed by atoms with Gasteiger partial charge in [-0.15, -0.1) is 0 Å². The number of nitrogens with zero attached hydrogens (tertiary/aromatic N) is 1. The number of ether oxygens (including phenoxy) is 1. The molecule has 2 N–H and O–H groups in total. The molecule has 1 heterocycles. The summed E-state index contributed by atoms with van der Waals surface area (Å²) in [5.74, 6) is -0.213. The van der Waals surface area contributed by atoms with Crippen LogP contribution in [-0.2, 0) is 11.3 Å². The van der Waals surface area contributed by atoms with E-state index in [1.54, 1.807) is 12.1 Å². The lowest BCUT2D eigenvalue weighted by atomic mass is 10.3. The van der Waals surface area contributed by atoms with Gasteiger partial charge in [-0.05, 0) is 31.3 Å². The SMILES string of the molecule is CCN(CC)Cc1ccc(C(=O)NNC(=O)COc2cc(Cl)c(Cl)cc2Cl)o1. The van der Waals surface area contributed by atoms with Gasteiger partial charge in [0.2, 0.25) is 0 Å². The predicted octanol–water partition coefficient (Wildman–Crippen LogP) is 3.92. The summed E-state index contributed by atoms with van der Waals surface area (Å²) in [6.07, 6.45) is 0. The van der Waals surface area contributed by atoms with Gasteiger partial charge in [-0.25, -0.2) is 0 Å². The average Bonchev–Trinajstić information content (AvgIpc) is 3.14. The van der Waals surface area contributed by atoms with Crippen LogP contribution in [0.3, 0.4) is 0 Å². The number of carbonyl (C=O) groups is 2. The van der Waals surface area contributed by atoms with Gasteiger partial charge < -0.3 is 9.15 Å². The Morgan fingerprint density at radius 3 is 2.39 bits per heavy atom. The molecule has 1 aromatic heterocycles. The third kappa shape index (κ3) is 6.31. The fraction of sp³-hybridized carbons (Fsp3) is 0.333. The Hall–Kier alpha value is -1.93. The molecule has 2 amide bonds. The Kier molecular flexibility index (Phi) is 8.44. The minimum absolute atomic E-state index is 0.0934. The second-order valence-corrected chi connectivity index (χ2v) is 6.94. The van der Waals surface area contributed by atoms with E-state index < -0.39 is 11.8 Å². The van der Waals surface area contributed by atoms with Crippen LogP contribution in [0, 0.1) is 0 Å². The van der Waals surface area contributed by atoms with Gasteiger partial charge in [-0.2, -0.15) is 0 Å². The number of hydrogen-bond donors (Lipinski definition) is 2. The van der Waals surface area contributed by atoms with Gasteiger partial charge in [0.15, 0.2) is 12.4 Å². The molecule has 2 aromatic rings. The molecule has 0 bridgehead atoms. The Morgan fingerprint density at radius 1 is 1.04 bits per heavy atom. The largest absolute Gasteiger partial charge is 0.482 e. The first-order valence-electron chi connectivity index (χ1n) is 8.51. The standard InChI is InChI=1S/C18H20Cl3N3O4/c1-3-24(4-2)9-11-5-6-15(28-11)18(26)23-22-17(25)10-27-16-8-13(20)12(19)7-14(16)21/h5-8H,3-4,9-10H2,1-2H3,(H,22,25)(H,23,26). The highest BCUT2D eigenvalue weighted by molar-refractivity contribution is 6.43. The molecule has 0 fully saturated rings. The van der Waals surface area contributed by atoms with E-state index in [9.17, 15) is 9.59 Å². The van der Waals surface area contributed by atoms with Crippen molar-refractivity contribution in [3.05, 3.63) is 50.9 Å². The first kappa shape index (κ1) is 22.4. The molecule has 0 unspecified atom stereocenters. The molecule has 1 aromatic carbocycles. The van der Waals surface area contributed by atoms with E-state index in [0.717, 1.165) is 13.1 Å². The first-order valence-corrected chi connectivity index (χ1v) is 9.65. The van der Waals surface area contributed by atoms with Gasteiger partial charge in [0, 0.05) is 6.07 Å². The van der Waals surface area contributed by atoms with E-state index in [4.69, 9.17) is 44.0 Å². The smallest absolute Gasteiger partial charge is 0.305 e. The number of hydrogen-bond acceptors (Lipinski definition) is 5. The fourth-order valence-corrected chi connectivity index (χ4v) is 2.83. The maximum atomic E-state index is 12.1. The van der Waals surface area contributed by atoms with Gasteiger partial charge in [0.1, 0.15) is 11.5 Å². The number of benzene rings is 1. The summed E-state index contributed by atoms with van der Waals surface area (Å²) in [7, 11) is 0. The van der Waals surface area contributed by atoms with Crippen LogP contribution in [0.5, 0.6) is 5.75 Å². The van der Waals surface area contributed by atoms with Gasteiger partial charge in [0.25, 0.3) is 5.91 Å². The topological polar surface area (TPSA) is 83.8 Å². The molecule has 0 radical (unpaired) electrons. The summed E-state index contributed by atoms with van der Waals surface area (Å²) >= 11 is 17.7. The molecule has 7 nitrogen and oxygen atoms in total. The van der Waals surface area contributed by atoms with Gasteiger partial charge in [0.05, 0.1) is 21.6 Å². The zero-order chi connectivity index (χ0) is 20.7. The van der Waals surface area contributed by atoms with Crippen LogP contribution in [0.25, 0.3) is 0 Å². The molecule has 0 aliphatic carbocycles. The van der Waals surface area contributed by atoms with Crippen molar-refractivity contribution in [2.75, 3.05) is 19.7 Å². The second kappa shape index (κ2) is 10.6. The van der Waals surface area contributed by atoms with E-state index >= 15 is 0 Å². The van der Waals surface area contributed by atoms with Crippen LogP contribution in [0.2, 0.25) is 15.1 Å². The van der Waals surface area contributed by atoms with E-state index in [1.165, 1.54) is 12.1 Å². The first-order chi connectivity index (χ1) is 13.3. The number of nitrogens with one attached hydrogen (secondary N) is 2. The Bertz CT molecular complexity index is 837. The molecule has 0 saturated heterocycles. The molecule has 0 spiro atoms. The Morgan fingerprint density at radius 2 is 1.71 bits per heavy atom. The summed E-state index contributed by atoms with van der Waals surface area (Å²) in [5.41, 5.74) is 4.49. The average molecular weight is 449 g/mol. The van der Waals surface area contributed by atoms with Crippen LogP contribution in [0.1, 0.15) is 30.2 Å². The molecule has 2 rings (SSSR count). The van der Waals surface area contributed by atoms with Crippen LogP contribution in [0.15, 0.2) is 28.7 Å². The minimum atomic E-state index is -0.592. The van der Waals surface area contributed by atoms with Crippen molar-refractivity contribution >= 4 is 46.6 Å². The Labute approximate surface area is 177 Å². The third-order valence-electron chi connectivity index (χ3n) is 3.81. The molecular formula is C18H20Cl3N3O4. The minimum Gasteiger partial charge on any atom is -0.482 e. The van der Waals surface area contributed by atoms with Crippen molar-refractivity contribution in [3.8, 4) is 5.75 Å². The number of hydrazine groups is 1. The summed E-state index contributed by atoms with van der Waals surface area (Å²) in [6, 6.07) is 6.09. The van der Waals surface area contributed by atoms with Crippen LogP contribution >= 0.6 is 34.8 Å². The monoisotopic (exact) mass is 447 g/mol. The van der Waals surface area contributed by atoms with Crippen molar-refractivity contribution in [2.45, 2.75) is 20.4 Å². The number of furan rings is 1. The molecule has 0 aliphatic heterocycles. The van der Waals surface area contributed by atoms with Crippen molar-refractivity contribution < 1.29 is 18.7 Å². The summed E-state index contributed by atoms with van der Waals surface area (Å²) in [6.45, 7) is 6.05. The molecule has 0 saturated carbocycles.